The van der Waals surface area contributed by atoms with Crippen LogP contribution in [0.1, 0.15) is 33.5 Å². The maximum absolute atomic E-state index is 12.3. The van der Waals surface area contributed by atoms with Crippen LogP contribution in [0.5, 0.6) is 0 Å². The van der Waals surface area contributed by atoms with Gasteiger partial charge in [-0.15, -0.1) is 0 Å². The number of hydrogen-bond donors (Lipinski definition) is 1. The van der Waals surface area contributed by atoms with Crippen LogP contribution in [0, 0.1) is 13.8 Å². The summed E-state index contributed by atoms with van der Waals surface area (Å²) in [5.74, 6) is 0.0134. The Balaban J connectivity index is 1.43. The first-order valence-electron chi connectivity index (χ1n) is 9.40. The summed E-state index contributed by atoms with van der Waals surface area (Å²) in [4.78, 5) is 14.6. The Kier molecular flexibility index (Phi) is 6.29. The highest BCUT2D eigenvalue weighted by atomic mass is 16.5. The molecule has 2 aromatic rings. The van der Waals surface area contributed by atoms with Crippen molar-refractivity contribution in [3.63, 3.8) is 0 Å². The lowest BCUT2D eigenvalue weighted by Gasteiger charge is -2.28. The fourth-order valence-electron chi connectivity index (χ4n) is 3.40. The largest absolute Gasteiger partial charge is 0.378 e. The summed E-state index contributed by atoms with van der Waals surface area (Å²) >= 11 is 0. The summed E-state index contributed by atoms with van der Waals surface area (Å²) in [7, 11) is 0. The van der Waals surface area contributed by atoms with Crippen LogP contribution in [0.15, 0.2) is 42.5 Å². The topological polar surface area (TPSA) is 41.6 Å². The standard InChI is InChI=1S/C22H28N2O2/c1-17-14-18(2)16-20(15-17)22(25)23-9-3-4-19-5-7-21(8-6-19)24-10-12-26-13-11-24/h5-8,14-16H,3-4,9-13H2,1-2H3,(H,23,25). The van der Waals surface area contributed by atoms with Gasteiger partial charge in [0.15, 0.2) is 0 Å². The van der Waals surface area contributed by atoms with Crippen LogP contribution in [0.3, 0.4) is 0 Å². The molecule has 1 fully saturated rings. The summed E-state index contributed by atoms with van der Waals surface area (Å²) in [6, 6.07) is 14.7. The molecule has 1 aliphatic heterocycles. The lowest BCUT2D eigenvalue weighted by molar-refractivity contribution is 0.0953. The SMILES string of the molecule is Cc1cc(C)cc(C(=O)NCCCc2ccc(N3CCOCC3)cc2)c1. The first kappa shape index (κ1) is 18.5. The van der Waals surface area contributed by atoms with E-state index in [1.807, 2.05) is 26.0 Å². The predicted molar refractivity (Wildman–Crippen MR) is 106 cm³/mol. The number of aryl methyl sites for hydroxylation is 3. The Morgan fingerprint density at radius 2 is 1.69 bits per heavy atom. The monoisotopic (exact) mass is 352 g/mol. The number of carbonyl (C=O) groups excluding carboxylic acids is 1. The van der Waals surface area contributed by atoms with Gasteiger partial charge in [-0.25, -0.2) is 0 Å². The van der Waals surface area contributed by atoms with Crippen molar-refractivity contribution >= 4 is 11.6 Å². The van der Waals surface area contributed by atoms with E-state index >= 15 is 0 Å². The Morgan fingerprint density at radius 3 is 2.35 bits per heavy atom. The quantitative estimate of drug-likeness (QED) is 0.809. The van der Waals surface area contributed by atoms with Crippen LogP contribution in [-0.4, -0.2) is 38.8 Å². The number of carbonyl (C=O) groups is 1. The molecule has 1 heterocycles. The zero-order valence-corrected chi connectivity index (χ0v) is 15.8. The number of anilines is 1. The zero-order valence-electron chi connectivity index (χ0n) is 15.8. The molecule has 26 heavy (non-hydrogen) atoms. The predicted octanol–water partition coefficient (Wildman–Crippen LogP) is 3.50. The number of ether oxygens (including phenoxy) is 1. The molecule has 0 aromatic heterocycles. The lowest BCUT2D eigenvalue weighted by atomic mass is 10.1. The van der Waals surface area contributed by atoms with Gasteiger partial charge < -0.3 is 15.0 Å². The third-order valence-corrected chi connectivity index (χ3v) is 4.72. The van der Waals surface area contributed by atoms with Gasteiger partial charge in [-0.2, -0.15) is 0 Å². The van der Waals surface area contributed by atoms with Crippen molar-refractivity contribution in [2.24, 2.45) is 0 Å². The molecule has 0 saturated carbocycles. The van der Waals surface area contributed by atoms with E-state index in [1.54, 1.807) is 0 Å². The van der Waals surface area contributed by atoms with Crippen LogP contribution in [0.4, 0.5) is 5.69 Å². The summed E-state index contributed by atoms with van der Waals surface area (Å²) in [5.41, 5.74) is 5.56. The number of amides is 1. The summed E-state index contributed by atoms with van der Waals surface area (Å²) in [5, 5.41) is 3.03. The lowest BCUT2D eigenvalue weighted by Crippen LogP contribution is -2.36. The molecule has 0 spiro atoms. The van der Waals surface area contributed by atoms with Gasteiger partial charge in [0.2, 0.25) is 0 Å². The molecule has 0 atom stereocenters. The van der Waals surface area contributed by atoms with Crippen LogP contribution < -0.4 is 10.2 Å². The van der Waals surface area contributed by atoms with Gasteiger partial charge in [-0.3, -0.25) is 4.79 Å². The third kappa shape index (κ3) is 5.09. The minimum Gasteiger partial charge on any atom is -0.378 e. The number of nitrogens with one attached hydrogen (secondary N) is 1. The van der Waals surface area contributed by atoms with Gasteiger partial charge in [0.05, 0.1) is 13.2 Å². The fourth-order valence-corrected chi connectivity index (χ4v) is 3.40. The number of morpholine rings is 1. The summed E-state index contributed by atoms with van der Waals surface area (Å²) in [6.45, 7) is 8.27. The zero-order chi connectivity index (χ0) is 18.4. The van der Waals surface area contributed by atoms with Crippen molar-refractivity contribution < 1.29 is 9.53 Å². The van der Waals surface area contributed by atoms with Gasteiger partial charge in [0.25, 0.3) is 5.91 Å². The summed E-state index contributed by atoms with van der Waals surface area (Å²) in [6.07, 6.45) is 1.91. The molecule has 1 amide bonds. The molecule has 0 aliphatic carbocycles. The molecule has 4 heteroatoms. The first-order valence-corrected chi connectivity index (χ1v) is 9.40. The van der Waals surface area contributed by atoms with Crippen molar-refractivity contribution in [2.45, 2.75) is 26.7 Å². The van der Waals surface area contributed by atoms with Crippen LogP contribution >= 0.6 is 0 Å². The van der Waals surface area contributed by atoms with E-state index in [0.717, 1.165) is 55.8 Å². The highest BCUT2D eigenvalue weighted by molar-refractivity contribution is 5.94. The number of benzene rings is 2. The van der Waals surface area contributed by atoms with Gasteiger partial charge in [0.1, 0.15) is 0 Å². The van der Waals surface area contributed by atoms with Crippen LogP contribution in [0.2, 0.25) is 0 Å². The molecule has 3 rings (SSSR count). The smallest absolute Gasteiger partial charge is 0.251 e. The normalized spacial score (nSPS) is 14.3. The minimum atomic E-state index is 0.0134. The van der Waals surface area contributed by atoms with E-state index in [0.29, 0.717) is 6.54 Å². The number of nitrogens with zero attached hydrogens (tertiary/aromatic N) is 1. The molecule has 0 radical (unpaired) electrons. The van der Waals surface area contributed by atoms with E-state index in [4.69, 9.17) is 4.74 Å². The Morgan fingerprint density at radius 1 is 1.04 bits per heavy atom. The second kappa shape index (κ2) is 8.86. The maximum Gasteiger partial charge on any atom is 0.251 e. The van der Waals surface area contributed by atoms with E-state index in [1.165, 1.54) is 11.3 Å². The van der Waals surface area contributed by atoms with Gasteiger partial charge in [-0.05, 0) is 56.5 Å². The molecule has 138 valence electrons. The van der Waals surface area contributed by atoms with Crippen molar-refractivity contribution in [3.8, 4) is 0 Å². The number of hydrogen-bond acceptors (Lipinski definition) is 3. The Labute approximate surface area is 156 Å². The van der Waals surface area contributed by atoms with Crippen molar-refractivity contribution in [3.05, 3.63) is 64.7 Å². The second-order valence-electron chi connectivity index (χ2n) is 7.00. The van der Waals surface area contributed by atoms with Crippen LogP contribution in [-0.2, 0) is 11.2 Å². The van der Waals surface area contributed by atoms with Crippen LogP contribution in [0.25, 0.3) is 0 Å². The highest BCUT2D eigenvalue weighted by Crippen LogP contribution is 2.17. The highest BCUT2D eigenvalue weighted by Gasteiger charge is 2.10. The van der Waals surface area contributed by atoms with Crippen molar-refractivity contribution in [2.75, 3.05) is 37.7 Å². The first-order chi connectivity index (χ1) is 12.6. The van der Waals surface area contributed by atoms with E-state index < -0.39 is 0 Å². The van der Waals surface area contributed by atoms with E-state index in [9.17, 15) is 4.79 Å². The van der Waals surface area contributed by atoms with Gasteiger partial charge in [-0.1, -0.05) is 29.3 Å². The van der Waals surface area contributed by atoms with E-state index in [-0.39, 0.29) is 5.91 Å². The Bertz CT molecular complexity index is 714. The molecule has 2 aromatic carbocycles. The molecule has 0 bridgehead atoms. The minimum absolute atomic E-state index is 0.0134. The molecule has 4 nitrogen and oxygen atoms in total. The van der Waals surface area contributed by atoms with Gasteiger partial charge >= 0.3 is 0 Å². The second-order valence-corrected chi connectivity index (χ2v) is 7.00. The molecule has 1 N–H and O–H groups in total. The van der Waals surface area contributed by atoms with Crippen molar-refractivity contribution in [1.82, 2.24) is 5.32 Å². The average Bonchev–Trinajstić information content (AvgIpc) is 2.65. The van der Waals surface area contributed by atoms with Gasteiger partial charge in [0, 0.05) is 30.9 Å². The van der Waals surface area contributed by atoms with Crippen molar-refractivity contribution in [1.29, 1.82) is 0 Å². The molecular formula is C22H28N2O2. The molecular weight excluding hydrogens is 324 g/mol. The Hall–Kier alpha value is -2.33. The maximum atomic E-state index is 12.3. The number of rotatable bonds is 6. The molecule has 0 unspecified atom stereocenters. The fraction of sp³-hybridized carbons (Fsp3) is 0.409. The molecule has 1 aliphatic rings. The average molecular weight is 352 g/mol. The molecule has 1 saturated heterocycles. The summed E-state index contributed by atoms with van der Waals surface area (Å²) < 4.78 is 5.40. The van der Waals surface area contributed by atoms with E-state index in [2.05, 4.69) is 40.5 Å². The third-order valence-electron chi connectivity index (χ3n) is 4.72.